The first kappa shape index (κ1) is 8.68. The van der Waals surface area contributed by atoms with Crippen molar-refractivity contribution in [3.8, 4) is 0 Å². The lowest BCUT2D eigenvalue weighted by atomic mass is 10.0. The van der Waals surface area contributed by atoms with E-state index in [4.69, 9.17) is 5.73 Å². The summed E-state index contributed by atoms with van der Waals surface area (Å²) in [6.07, 6.45) is 1.02. The zero-order valence-electron chi connectivity index (χ0n) is 8.46. The summed E-state index contributed by atoms with van der Waals surface area (Å²) in [5, 5.41) is 1.31. The van der Waals surface area contributed by atoms with Crippen LogP contribution in [0.15, 0.2) is 29.3 Å². The van der Waals surface area contributed by atoms with Gasteiger partial charge < -0.3 is 10.7 Å². The minimum absolute atomic E-state index is 0.514. The number of benzene rings is 1. The van der Waals surface area contributed by atoms with E-state index in [9.17, 15) is 0 Å². The smallest absolute Gasteiger partial charge is 0.0721 e. The standard InChI is InChI=1S/C12H13N3/c13-7-11-12-9(5-6-14-11)8-3-1-2-4-10(8)15-12/h1-4,15H,5-7,13H2. The number of para-hydroxylation sites is 1. The highest BCUT2D eigenvalue weighted by atomic mass is 14.9. The Hall–Kier alpha value is -1.61. The second-order valence-corrected chi connectivity index (χ2v) is 3.81. The van der Waals surface area contributed by atoms with Gasteiger partial charge in [0.1, 0.15) is 0 Å². The molecule has 3 rings (SSSR count). The number of fused-ring (bicyclic) bond motifs is 3. The summed E-state index contributed by atoms with van der Waals surface area (Å²) in [5.41, 5.74) is 10.4. The third-order valence-corrected chi connectivity index (χ3v) is 2.96. The normalized spacial score (nSPS) is 15.1. The SMILES string of the molecule is NCC1=NCCc2c1[nH]c1ccccc21. The minimum atomic E-state index is 0.514. The zero-order chi connectivity index (χ0) is 10.3. The Bertz CT molecular complexity index is 537. The van der Waals surface area contributed by atoms with Gasteiger partial charge in [-0.1, -0.05) is 18.2 Å². The molecule has 2 heterocycles. The monoisotopic (exact) mass is 199 g/mol. The summed E-state index contributed by atoms with van der Waals surface area (Å²) < 4.78 is 0. The molecule has 0 saturated carbocycles. The molecule has 15 heavy (non-hydrogen) atoms. The van der Waals surface area contributed by atoms with Gasteiger partial charge in [0, 0.05) is 24.0 Å². The lowest BCUT2D eigenvalue weighted by molar-refractivity contribution is 0.938. The fourth-order valence-electron chi connectivity index (χ4n) is 2.25. The Morgan fingerprint density at radius 1 is 1.33 bits per heavy atom. The molecule has 1 aromatic heterocycles. The molecule has 0 bridgehead atoms. The van der Waals surface area contributed by atoms with Crippen molar-refractivity contribution in [1.82, 2.24) is 4.98 Å². The van der Waals surface area contributed by atoms with Gasteiger partial charge in [0.2, 0.25) is 0 Å². The first-order valence-electron chi connectivity index (χ1n) is 5.23. The Morgan fingerprint density at radius 2 is 2.20 bits per heavy atom. The minimum Gasteiger partial charge on any atom is -0.353 e. The van der Waals surface area contributed by atoms with Gasteiger partial charge in [-0.05, 0) is 18.1 Å². The molecule has 1 aliphatic rings. The van der Waals surface area contributed by atoms with Crippen molar-refractivity contribution in [2.75, 3.05) is 13.1 Å². The van der Waals surface area contributed by atoms with Crippen LogP contribution in [0.2, 0.25) is 0 Å². The van der Waals surface area contributed by atoms with Crippen LogP contribution in [0.5, 0.6) is 0 Å². The van der Waals surface area contributed by atoms with E-state index in [0.29, 0.717) is 6.54 Å². The molecule has 1 aromatic carbocycles. The zero-order valence-corrected chi connectivity index (χ0v) is 8.46. The molecular formula is C12H13N3. The molecule has 0 unspecified atom stereocenters. The van der Waals surface area contributed by atoms with Crippen LogP contribution in [0.4, 0.5) is 0 Å². The molecule has 3 nitrogen and oxygen atoms in total. The van der Waals surface area contributed by atoms with Gasteiger partial charge in [0.25, 0.3) is 0 Å². The molecule has 3 heteroatoms. The topological polar surface area (TPSA) is 54.2 Å². The average molecular weight is 199 g/mol. The second-order valence-electron chi connectivity index (χ2n) is 3.81. The predicted molar refractivity (Wildman–Crippen MR) is 62.5 cm³/mol. The third kappa shape index (κ3) is 1.20. The van der Waals surface area contributed by atoms with Crippen molar-refractivity contribution in [2.24, 2.45) is 10.7 Å². The van der Waals surface area contributed by atoms with Crippen LogP contribution in [0.1, 0.15) is 11.3 Å². The summed E-state index contributed by atoms with van der Waals surface area (Å²) in [5.74, 6) is 0. The maximum Gasteiger partial charge on any atom is 0.0721 e. The van der Waals surface area contributed by atoms with Gasteiger partial charge in [-0.25, -0.2) is 0 Å². The van der Waals surface area contributed by atoms with Crippen molar-refractivity contribution in [1.29, 1.82) is 0 Å². The van der Waals surface area contributed by atoms with E-state index in [-0.39, 0.29) is 0 Å². The van der Waals surface area contributed by atoms with Gasteiger partial charge in [-0.3, -0.25) is 4.99 Å². The van der Waals surface area contributed by atoms with Gasteiger partial charge >= 0.3 is 0 Å². The molecule has 0 fully saturated rings. The number of nitrogens with one attached hydrogen (secondary N) is 1. The molecule has 1 aliphatic heterocycles. The number of nitrogens with two attached hydrogens (primary N) is 1. The van der Waals surface area contributed by atoms with E-state index in [2.05, 4.69) is 28.2 Å². The number of aliphatic imine (C=N–C) groups is 1. The molecule has 2 aromatic rings. The fraction of sp³-hybridized carbons (Fsp3) is 0.250. The number of rotatable bonds is 1. The first-order chi connectivity index (χ1) is 7.40. The Morgan fingerprint density at radius 3 is 3.07 bits per heavy atom. The van der Waals surface area contributed by atoms with Crippen molar-refractivity contribution < 1.29 is 0 Å². The van der Waals surface area contributed by atoms with Gasteiger partial charge in [0.15, 0.2) is 0 Å². The number of H-pyrrole nitrogens is 1. The molecule has 0 spiro atoms. The Labute approximate surface area is 88.0 Å². The van der Waals surface area contributed by atoms with E-state index >= 15 is 0 Å². The van der Waals surface area contributed by atoms with Crippen LogP contribution in [0.3, 0.4) is 0 Å². The molecule has 0 saturated heterocycles. The third-order valence-electron chi connectivity index (χ3n) is 2.96. The van der Waals surface area contributed by atoms with Crippen LogP contribution in [0, 0.1) is 0 Å². The summed E-state index contributed by atoms with van der Waals surface area (Å²) in [4.78, 5) is 7.85. The number of hydrogen-bond donors (Lipinski definition) is 2. The summed E-state index contributed by atoms with van der Waals surface area (Å²) in [6, 6.07) is 8.37. The maximum absolute atomic E-state index is 5.69. The van der Waals surface area contributed by atoms with Crippen molar-refractivity contribution in [3.63, 3.8) is 0 Å². The summed E-state index contributed by atoms with van der Waals surface area (Å²) in [7, 11) is 0. The van der Waals surface area contributed by atoms with Crippen LogP contribution in [-0.4, -0.2) is 23.8 Å². The molecule has 3 N–H and O–H groups in total. The highest BCUT2D eigenvalue weighted by molar-refractivity contribution is 6.07. The average Bonchev–Trinajstić information content (AvgIpc) is 2.67. The van der Waals surface area contributed by atoms with Gasteiger partial charge in [-0.2, -0.15) is 0 Å². The molecule has 76 valence electrons. The molecule has 0 atom stereocenters. The summed E-state index contributed by atoms with van der Waals surface area (Å²) >= 11 is 0. The van der Waals surface area contributed by atoms with Crippen LogP contribution in [0.25, 0.3) is 10.9 Å². The highest BCUT2D eigenvalue weighted by Crippen LogP contribution is 2.25. The van der Waals surface area contributed by atoms with E-state index < -0.39 is 0 Å². The van der Waals surface area contributed by atoms with Crippen LogP contribution >= 0.6 is 0 Å². The predicted octanol–water partition coefficient (Wildman–Crippen LogP) is 1.47. The van der Waals surface area contributed by atoms with Crippen molar-refractivity contribution in [3.05, 3.63) is 35.5 Å². The Kier molecular flexibility index (Phi) is 1.86. The molecule has 0 radical (unpaired) electrons. The fourth-order valence-corrected chi connectivity index (χ4v) is 2.25. The van der Waals surface area contributed by atoms with Gasteiger partial charge in [0.05, 0.1) is 11.4 Å². The first-order valence-corrected chi connectivity index (χ1v) is 5.23. The van der Waals surface area contributed by atoms with Crippen molar-refractivity contribution >= 4 is 16.6 Å². The quantitative estimate of drug-likeness (QED) is 0.718. The lowest BCUT2D eigenvalue weighted by Gasteiger charge is -2.11. The van der Waals surface area contributed by atoms with Crippen LogP contribution in [-0.2, 0) is 6.42 Å². The molecule has 0 aliphatic carbocycles. The van der Waals surface area contributed by atoms with E-state index in [1.165, 1.54) is 16.5 Å². The number of aromatic amines is 1. The highest BCUT2D eigenvalue weighted by Gasteiger charge is 2.17. The second kappa shape index (κ2) is 3.21. The molecular weight excluding hydrogens is 186 g/mol. The van der Waals surface area contributed by atoms with Crippen LogP contribution < -0.4 is 5.73 Å². The van der Waals surface area contributed by atoms with E-state index in [1.807, 2.05) is 6.07 Å². The van der Waals surface area contributed by atoms with E-state index in [1.54, 1.807) is 0 Å². The number of hydrogen-bond acceptors (Lipinski definition) is 2. The van der Waals surface area contributed by atoms with Crippen molar-refractivity contribution in [2.45, 2.75) is 6.42 Å². The van der Waals surface area contributed by atoms with E-state index in [0.717, 1.165) is 24.4 Å². The summed E-state index contributed by atoms with van der Waals surface area (Å²) in [6.45, 7) is 1.38. The maximum atomic E-state index is 5.69. The van der Waals surface area contributed by atoms with Gasteiger partial charge in [-0.15, -0.1) is 0 Å². The molecule has 0 amide bonds. The number of aromatic nitrogens is 1. The number of nitrogens with zero attached hydrogens (tertiary/aromatic N) is 1. The largest absolute Gasteiger partial charge is 0.353 e. The lowest BCUT2D eigenvalue weighted by Crippen LogP contribution is -2.21. The Balaban J connectivity index is 2.31.